The highest BCUT2D eigenvalue weighted by atomic mass is 16.5. The molecule has 0 heterocycles. The fourth-order valence-corrected chi connectivity index (χ4v) is 1.86. The number of rotatable bonds is 9. The first-order chi connectivity index (χ1) is 11.0. The minimum absolute atomic E-state index is 0.144. The highest BCUT2D eigenvalue weighted by Gasteiger charge is 2.14. The summed E-state index contributed by atoms with van der Waals surface area (Å²) < 4.78 is 5.39. The molecule has 0 saturated heterocycles. The lowest BCUT2D eigenvalue weighted by atomic mass is 10.2. The summed E-state index contributed by atoms with van der Waals surface area (Å²) >= 11 is 0. The number of carbonyl (C=O) groups is 3. The SMILES string of the molecule is CCOc1ccccc1C(=O)NCCCC(=O)N[C@@H](C)C(=O)O. The molecule has 0 saturated carbocycles. The number of carboxylic acid groups (broad SMARTS) is 1. The number of para-hydroxylation sites is 1. The normalized spacial score (nSPS) is 11.4. The molecule has 1 aromatic carbocycles. The van der Waals surface area contributed by atoms with Crippen LogP contribution < -0.4 is 15.4 Å². The Morgan fingerprint density at radius 1 is 1.26 bits per heavy atom. The zero-order valence-corrected chi connectivity index (χ0v) is 13.3. The molecule has 0 fully saturated rings. The van der Waals surface area contributed by atoms with Gasteiger partial charge >= 0.3 is 5.97 Å². The van der Waals surface area contributed by atoms with Crippen molar-refractivity contribution in [1.29, 1.82) is 0 Å². The minimum atomic E-state index is -1.08. The molecule has 1 atom stereocenters. The Balaban J connectivity index is 2.37. The number of ether oxygens (including phenoxy) is 1. The largest absolute Gasteiger partial charge is 0.493 e. The quantitative estimate of drug-likeness (QED) is 0.592. The summed E-state index contributed by atoms with van der Waals surface area (Å²) in [5, 5.41) is 13.8. The summed E-state index contributed by atoms with van der Waals surface area (Å²) in [7, 11) is 0. The second-order valence-electron chi connectivity index (χ2n) is 4.92. The Kier molecular flexibility index (Phi) is 7.59. The monoisotopic (exact) mass is 322 g/mol. The molecular formula is C16H22N2O5. The molecule has 7 heteroatoms. The number of hydrogen-bond acceptors (Lipinski definition) is 4. The average molecular weight is 322 g/mol. The maximum Gasteiger partial charge on any atom is 0.325 e. The van der Waals surface area contributed by atoms with Crippen molar-refractivity contribution in [3.05, 3.63) is 29.8 Å². The van der Waals surface area contributed by atoms with Gasteiger partial charge in [0.05, 0.1) is 12.2 Å². The van der Waals surface area contributed by atoms with Crippen LogP contribution in [0.3, 0.4) is 0 Å². The van der Waals surface area contributed by atoms with Crippen molar-refractivity contribution in [1.82, 2.24) is 10.6 Å². The van der Waals surface area contributed by atoms with Crippen molar-refractivity contribution in [3.63, 3.8) is 0 Å². The predicted octanol–water partition coefficient (Wildman–Crippen LogP) is 1.18. The van der Waals surface area contributed by atoms with E-state index in [2.05, 4.69) is 10.6 Å². The Labute approximate surface area is 135 Å². The first kappa shape index (κ1) is 18.5. The van der Waals surface area contributed by atoms with E-state index < -0.39 is 12.0 Å². The molecule has 1 rings (SSSR count). The third-order valence-electron chi connectivity index (χ3n) is 3.05. The molecule has 0 spiro atoms. The summed E-state index contributed by atoms with van der Waals surface area (Å²) in [6.45, 7) is 4.01. The number of carboxylic acids is 1. The van der Waals surface area contributed by atoms with E-state index in [4.69, 9.17) is 9.84 Å². The Hall–Kier alpha value is -2.57. The number of hydrogen-bond donors (Lipinski definition) is 3. The molecule has 2 amide bonds. The third-order valence-corrected chi connectivity index (χ3v) is 3.05. The van der Waals surface area contributed by atoms with Gasteiger partial charge in [-0.25, -0.2) is 0 Å². The van der Waals surface area contributed by atoms with Crippen LogP contribution in [0.25, 0.3) is 0 Å². The fraction of sp³-hybridized carbons (Fsp3) is 0.438. The van der Waals surface area contributed by atoms with Crippen LogP contribution in [0, 0.1) is 0 Å². The zero-order chi connectivity index (χ0) is 17.2. The standard InChI is InChI=1S/C16H22N2O5/c1-3-23-13-8-5-4-7-12(13)15(20)17-10-6-9-14(19)18-11(2)16(21)22/h4-5,7-8,11H,3,6,9-10H2,1-2H3,(H,17,20)(H,18,19)(H,21,22)/t11-/m0/s1. The van der Waals surface area contributed by atoms with Gasteiger partial charge in [-0.2, -0.15) is 0 Å². The van der Waals surface area contributed by atoms with E-state index >= 15 is 0 Å². The lowest BCUT2D eigenvalue weighted by Crippen LogP contribution is -2.38. The first-order valence-corrected chi connectivity index (χ1v) is 7.48. The molecule has 1 aromatic rings. The van der Waals surface area contributed by atoms with E-state index in [1.165, 1.54) is 6.92 Å². The zero-order valence-electron chi connectivity index (χ0n) is 13.3. The molecular weight excluding hydrogens is 300 g/mol. The fourth-order valence-electron chi connectivity index (χ4n) is 1.86. The van der Waals surface area contributed by atoms with E-state index in [-0.39, 0.29) is 18.2 Å². The summed E-state index contributed by atoms with van der Waals surface area (Å²) in [4.78, 5) is 34.2. The highest BCUT2D eigenvalue weighted by molar-refractivity contribution is 5.96. The molecule has 0 unspecified atom stereocenters. The predicted molar refractivity (Wildman–Crippen MR) is 84.4 cm³/mol. The van der Waals surface area contributed by atoms with Crippen LogP contribution in [0.5, 0.6) is 5.75 Å². The average Bonchev–Trinajstić information content (AvgIpc) is 2.52. The van der Waals surface area contributed by atoms with Crippen LogP contribution in [-0.4, -0.2) is 42.1 Å². The van der Waals surface area contributed by atoms with Gasteiger partial charge in [0.25, 0.3) is 5.91 Å². The summed E-state index contributed by atoms with van der Waals surface area (Å²) in [5.74, 6) is -1.20. The Morgan fingerprint density at radius 2 is 1.96 bits per heavy atom. The van der Waals surface area contributed by atoms with Crippen molar-refractivity contribution in [2.24, 2.45) is 0 Å². The van der Waals surface area contributed by atoms with Crippen LogP contribution in [0.15, 0.2) is 24.3 Å². The number of aliphatic carboxylic acids is 1. The summed E-state index contributed by atoms with van der Waals surface area (Å²) in [6, 6.07) is 6.00. The molecule has 0 aromatic heterocycles. The molecule has 0 radical (unpaired) electrons. The number of amides is 2. The molecule has 7 nitrogen and oxygen atoms in total. The molecule has 0 aliphatic heterocycles. The van der Waals surface area contributed by atoms with E-state index in [0.29, 0.717) is 30.9 Å². The van der Waals surface area contributed by atoms with E-state index in [1.807, 2.05) is 6.92 Å². The van der Waals surface area contributed by atoms with Gasteiger partial charge < -0.3 is 20.5 Å². The van der Waals surface area contributed by atoms with Crippen molar-refractivity contribution >= 4 is 17.8 Å². The van der Waals surface area contributed by atoms with Crippen molar-refractivity contribution in [3.8, 4) is 5.75 Å². The number of carbonyl (C=O) groups excluding carboxylic acids is 2. The third kappa shape index (κ3) is 6.37. The second-order valence-corrected chi connectivity index (χ2v) is 4.92. The summed E-state index contributed by atoms with van der Waals surface area (Å²) in [5.41, 5.74) is 0.443. The highest BCUT2D eigenvalue weighted by Crippen LogP contribution is 2.17. The van der Waals surface area contributed by atoms with Gasteiger partial charge in [0.2, 0.25) is 5.91 Å². The lowest BCUT2D eigenvalue weighted by molar-refractivity contribution is -0.141. The maximum absolute atomic E-state index is 12.1. The molecule has 0 bridgehead atoms. The van der Waals surface area contributed by atoms with Gasteiger partial charge in [-0.15, -0.1) is 0 Å². The summed E-state index contributed by atoms with van der Waals surface area (Å²) in [6.07, 6.45) is 0.561. The lowest BCUT2D eigenvalue weighted by Gasteiger charge is -2.11. The topological polar surface area (TPSA) is 105 Å². The van der Waals surface area contributed by atoms with Gasteiger partial charge in [0.15, 0.2) is 0 Å². The van der Waals surface area contributed by atoms with Crippen LogP contribution in [0.4, 0.5) is 0 Å². The van der Waals surface area contributed by atoms with Crippen LogP contribution in [0.2, 0.25) is 0 Å². The van der Waals surface area contributed by atoms with E-state index in [0.717, 1.165) is 0 Å². The minimum Gasteiger partial charge on any atom is -0.493 e. The molecule has 0 aliphatic carbocycles. The maximum atomic E-state index is 12.1. The van der Waals surface area contributed by atoms with Gasteiger partial charge in [-0.05, 0) is 32.4 Å². The van der Waals surface area contributed by atoms with Crippen molar-refractivity contribution in [2.75, 3.05) is 13.2 Å². The van der Waals surface area contributed by atoms with E-state index in [9.17, 15) is 14.4 Å². The number of nitrogens with one attached hydrogen (secondary N) is 2. The number of benzene rings is 1. The van der Waals surface area contributed by atoms with Crippen LogP contribution in [-0.2, 0) is 9.59 Å². The van der Waals surface area contributed by atoms with Crippen LogP contribution >= 0.6 is 0 Å². The Bertz CT molecular complexity index is 559. The smallest absolute Gasteiger partial charge is 0.325 e. The van der Waals surface area contributed by atoms with Crippen molar-refractivity contribution < 1.29 is 24.2 Å². The van der Waals surface area contributed by atoms with Gasteiger partial charge in [0.1, 0.15) is 11.8 Å². The molecule has 23 heavy (non-hydrogen) atoms. The molecule has 126 valence electrons. The van der Waals surface area contributed by atoms with Crippen LogP contribution in [0.1, 0.15) is 37.0 Å². The van der Waals surface area contributed by atoms with Gasteiger partial charge in [0, 0.05) is 13.0 Å². The van der Waals surface area contributed by atoms with E-state index in [1.54, 1.807) is 24.3 Å². The molecule has 3 N–H and O–H groups in total. The molecule has 0 aliphatic rings. The van der Waals surface area contributed by atoms with Gasteiger partial charge in [-0.1, -0.05) is 12.1 Å². The first-order valence-electron chi connectivity index (χ1n) is 7.48. The van der Waals surface area contributed by atoms with Gasteiger partial charge in [-0.3, -0.25) is 14.4 Å². The van der Waals surface area contributed by atoms with Crippen molar-refractivity contribution in [2.45, 2.75) is 32.7 Å². The Morgan fingerprint density at radius 3 is 2.61 bits per heavy atom. The second kappa shape index (κ2) is 9.45.